The molecule has 2 saturated heterocycles. The van der Waals surface area contributed by atoms with Crippen LogP contribution < -0.4 is 0 Å². The number of ketones is 1. The van der Waals surface area contributed by atoms with Gasteiger partial charge in [-0.3, -0.25) is 9.59 Å². The van der Waals surface area contributed by atoms with Crippen LogP contribution in [0.4, 0.5) is 0 Å². The van der Waals surface area contributed by atoms with Gasteiger partial charge in [-0.05, 0) is 42.6 Å². The molecule has 2 spiro atoms. The third kappa shape index (κ3) is 1.81. The number of allylic oxidation sites excluding steroid dienone is 1. The van der Waals surface area contributed by atoms with Gasteiger partial charge in [0.2, 0.25) is 5.79 Å². The van der Waals surface area contributed by atoms with Crippen molar-refractivity contribution in [2.24, 2.45) is 34.0 Å². The molecule has 0 radical (unpaired) electrons. The molecule has 0 aromatic heterocycles. The summed E-state index contributed by atoms with van der Waals surface area (Å²) in [5.41, 5.74) is -1.53. The smallest absolute Gasteiger partial charge is 0.302 e. The minimum Gasteiger partial charge on any atom is -0.462 e. The Morgan fingerprint density at radius 3 is 2.68 bits per heavy atom. The number of hydrogen-bond acceptors (Lipinski definition) is 6. The van der Waals surface area contributed by atoms with Crippen LogP contribution in [0.5, 0.6) is 0 Å². The molecule has 2 aliphatic heterocycles. The second kappa shape index (κ2) is 5.27. The topological polar surface area (TPSA) is 93.1 Å². The maximum atomic E-state index is 13.6. The van der Waals surface area contributed by atoms with Gasteiger partial charge < -0.3 is 19.7 Å². The van der Waals surface area contributed by atoms with E-state index < -0.39 is 28.8 Å². The van der Waals surface area contributed by atoms with Gasteiger partial charge in [0, 0.05) is 24.2 Å². The van der Waals surface area contributed by atoms with E-state index in [1.165, 1.54) is 6.92 Å². The Morgan fingerprint density at radius 1 is 1.29 bits per heavy atom. The number of Topliss-reactive ketones (excluding diaryl/α,β-unsaturated/α-hetero) is 1. The van der Waals surface area contributed by atoms with Crippen LogP contribution in [0.25, 0.3) is 0 Å². The van der Waals surface area contributed by atoms with Crippen molar-refractivity contribution < 1.29 is 29.3 Å². The lowest BCUT2D eigenvalue weighted by Gasteiger charge is -2.73. The van der Waals surface area contributed by atoms with Gasteiger partial charge in [-0.1, -0.05) is 26.8 Å². The van der Waals surface area contributed by atoms with E-state index >= 15 is 0 Å². The fourth-order valence-corrected chi connectivity index (χ4v) is 8.28. The molecule has 6 rings (SSSR count). The second-order valence-electron chi connectivity index (χ2n) is 10.6. The summed E-state index contributed by atoms with van der Waals surface area (Å²) in [4.78, 5) is 25.5. The molecule has 2 N–H and O–H groups in total. The molecule has 0 aromatic rings. The Kier molecular flexibility index (Phi) is 3.53. The minimum atomic E-state index is -1.97. The monoisotopic (exact) mass is 390 g/mol. The van der Waals surface area contributed by atoms with Crippen LogP contribution in [-0.4, -0.2) is 46.6 Å². The highest BCUT2D eigenvalue weighted by atomic mass is 16.6. The van der Waals surface area contributed by atoms with Gasteiger partial charge in [-0.25, -0.2) is 0 Å². The summed E-state index contributed by atoms with van der Waals surface area (Å²) in [6.45, 7) is 9.93. The average Bonchev–Trinajstić information content (AvgIpc) is 2.78. The number of ether oxygens (including phenoxy) is 2. The molecule has 28 heavy (non-hydrogen) atoms. The summed E-state index contributed by atoms with van der Waals surface area (Å²) in [7, 11) is 0. The lowest BCUT2D eigenvalue weighted by molar-refractivity contribution is -0.445. The first-order valence-corrected chi connectivity index (χ1v) is 10.5. The summed E-state index contributed by atoms with van der Waals surface area (Å²) in [5, 5.41) is 23.2. The minimum absolute atomic E-state index is 0.154. The van der Waals surface area contributed by atoms with E-state index in [0.29, 0.717) is 18.4 Å². The molecule has 0 unspecified atom stereocenters. The van der Waals surface area contributed by atoms with Gasteiger partial charge in [0.15, 0.2) is 5.78 Å². The first-order valence-electron chi connectivity index (χ1n) is 10.5. The lowest BCUT2D eigenvalue weighted by atomic mass is 9.36. The molecular weight excluding hydrogens is 360 g/mol. The van der Waals surface area contributed by atoms with Crippen LogP contribution in [0.3, 0.4) is 0 Å². The molecule has 8 atom stereocenters. The first kappa shape index (κ1) is 18.8. The number of fused-ring (bicyclic) bond motifs is 2. The number of aliphatic hydroxyl groups is 2. The van der Waals surface area contributed by atoms with Crippen molar-refractivity contribution in [3.8, 4) is 0 Å². The van der Waals surface area contributed by atoms with E-state index in [0.717, 1.165) is 19.3 Å². The standard InChI is InChI=1S/C22H30O6/c1-11-13-8-14(28-12(2)23)15-20-7-5-6-19(3,4)16(20)18(25)22(26,27-10-20)21(15,9-13)17(11)24/h13-16,18,25-26H,1,5-10H2,2-4H3/t13-,14-,15+,16-,18+,20-,21+,22-/m1/s1. The Hall–Kier alpha value is -1.24. The maximum Gasteiger partial charge on any atom is 0.302 e. The Morgan fingerprint density at radius 2 is 2.00 bits per heavy atom. The molecule has 4 bridgehead atoms. The normalized spacial score (nSPS) is 53.5. The van der Waals surface area contributed by atoms with Gasteiger partial charge in [0.1, 0.15) is 12.2 Å². The van der Waals surface area contributed by atoms with E-state index in [1.807, 2.05) is 0 Å². The van der Waals surface area contributed by atoms with E-state index in [1.54, 1.807) is 0 Å². The van der Waals surface area contributed by atoms with E-state index in [4.69, 9.17) is 9.47 Å². The van der Waals surface area contributed by atoms with Crippen molar-refractivity contribution in [3.63, 3.8) is 0 Å². The van der Waals surface area contributed by atoms with Crippen molar-refractivity contribution in [2.75, 3.05) is 6.61 Å². The molecule has 6 nitrogen and oxygen atoms in total. The van der Waals surface area contributed by atoms with Gasteiger partial charge in [0.05, 0.1) is 12.0 Å². The average molecular weight is 390 g/mol. The van der Waals surface area contributed by atoms with Crippen molar-refractivity contribution in [2.45, 2.75) is 70.9 Å². The van der Waals surface area contributed by atoms with Gasteiger partial charge in [-0.15, -0.1) is 0 Å². The summed E-state index contributed by atoms with van der Waals surface area (Å²) < 4.78 is 11.8. The zero-order valence-corrected chi connectivity index (χ0v) is 16.9. The van der Waals surface area contributed by atoms with Crippen molar-refractivity contribution in [1.82, 2.24) is 0 Å². The van der Waals surface area contributed by atoms with E-state index in [9.17, 15) is 19.8 Å². The van der Waals surface area contributed by atoms with Gasteiger partial charge in [0.25, 0.3) is 0 Å². The first-order chi connectivity index (χ1) is 13.0. The van der Waals surface area contributed by atoms with E-state index in [-0.39, 0.29) is 41.5 Å². The highest BCUT2D eigenvalue weighted by Gasteiger charge is 2.84. The van der Waals surface area contributed by atoms with Crippen LogP contribution in [0.15, 0.2) is 12.2 Å². The molecule has 2 heterocycles. The fourth-order valence-electron chi connectivity index (χ4n) is 8.28. The van der Waals surface area contributed by atoms with Crippen LogP contribution in [0.2, 0.25) is 0 Å². The molecule has 6 heteroatoms. The molecule has 4 saturated carbocycles. The predicted octanol–water partition coefficient (Wildman–Crippen LogP) is 1.98. The number of rotatable bonds is 1. The van der Waals surface area contributed by atoms with E-state index in [2.05, 4.69) is 20.4 Å². The zero-order chi connectivity index (χ0) is 20.3. The molecule has 6 aliphatic rings. The van der Waals surface area contributed by atoms with Crippen molar-refractivity contribution in [1.29, 1.82) is 0 Å². The number of esters is 1. The molecule has 0 amide bonds. The Bertz CT molecular complexity index is 788. The summed E-state index contributed by atoms with van der Waals surface area (Å²) in [6.07, 6.45) is 2.03. The number of carbonyl (C=O) groups is 2. The highest BCUT2D eigenvalue weighted by molar-refractivity contribution is 6.04. The van der Waals surface area contributed by atoms with Crippen LogP contribution in [0.1, 0.15) is 52.9 Å². The molecular formula is C22H30O6. The lowest BCUT2D eigenvalue weighted by Crippen LogP contribution is -2.83. The molecule has 4 aliphatic carbocycles. The highest BCUT2D eigenvalue weighted by Crippen LogP contribution is 2.76. The number of aliphatic hydroxyl groups excluding tert-OH is 1. The number of hydrogen-bond donors (Lipinski definition) is 2. The quantitative estimate of drug-likeness (QED) is 0.525. The van der Waals surface area contributed by atoms with Crippen molar-refractivity contribution >= 4 is 11.8 Å². The third-order valence-corrected chi connectivity index (χ3v) is 8.96. The van der Waals surface area contributed by atoms with Crippen LogP contribution >= 0.6 is 0 Å². The second-order valence-corrected chi connectivity index (χ2v) is 10.6. The van der Waals surface area contributed by atoms with Crippen LogP contribution in [-0.2, 0) is 19.1 Å². The maximum absolute atomic E-state index is 13.6. The predicted molar refractivity (Wildman–Crippen MR) is 98.8 cm³/mol. The summed E-state index contributed by atoms with van der Waals surface area (Å²) in [6, 6.07) is 0. The fraction of sp³-hybridized carbons (Fsp3) is 0.818. The molecule has 154 valence electrons. The zero-order valence-electron chi connectivity index (χ0n) is 16.9. The molecule has 0 aromatic carbocycles. The van der Waals surface area contributed by atoms with Crippen molar-refractivity contribution in [3.05, 3.63) is 12.2 Å². The van der Waals surface area contributed by atoms with Crippen LogP contribution in [0, 0.1) is 34.0 Å². The Balaban J connectivity index is 1.77. The Labute approximate surface area is 165 Å². The molecule has 6 fully saturated rings. The third-order valence-electron chi connectivity index (χ3n) is 8.96. The largest absolute Gasteiger partial charge is 0.462 e. The summed E-state index contributed by atoms with van der Waals surface area (Å²) in [5.74, 6) is -3.29. The number of carbonyl (C=O) groups excluding carboxylic acids is 2. The van der Waals surface area contributed by atoms with Gasteiger partial charge in [-0.2, -0.15) is 0 Å². The SMILES string of the molecule is C=C1C(=O)[C@]23C[C@H]1C[C@@H](OC(C)=O)[C@H]2[C@]12CCCC(C)(C)[C@H]1[C@H](O)[C@@]3(O)OC2. The summed E-state index contributed by atoms with van der Waals surface area (Å²) >= 11 is 0. The van der Waals surface area contributed by atoms with Gasteiger partial charge >= 0.3 is 5.97 Å².